The van der Waals surface area contributed by atoms with E-state index in [4.69, 9.17) is 11.6 Å². The summed E-state index contributed by atoms with van der Waals surface area (Å²) < 4.78 is 0. The van der Waals surface area contributed by atoms with Gasteiger partial charge in [-0.25, -0.2) is 19.9 Å². The van der Waals surface area contributed by atoms with Gasteiger partial charge in [-0.05, 0) is 36.1 Å². The molecule has 3 aromatic rings. The van der Waals surface area contributed by atoms with Gasteiger partial charge in [-0.3, -0.25) is 0 Å². The summed E-state index contributed by atoms with van der Waals surface area (Å²) in [6.45, 7) is 4.12. The second kappa shape index (κ2) is 6.48. The van der Waals surface area contributed by atoms with Crippen molar-refractivity contribution in [3.8, 4) is 0 Å². The van der Waals surface area contributed by atoms with Crippen LogP contribution in [0.3, 0.4) is 0 Å². The monoisotopic (exact) mass is 357 g/mol. The smallest absolute Gasteiger partial charge is 0.224 e. The van der Waals surface area contributed by atoms with E-state index >= 15 is 0 Å². The summed E-state index contributed by atoms with van der Waals surface area (Å²) in [5, 5.41) is 1.32. The Morgan fingerprint density at radius 2 is 2.16 bits per heavy atom. The van der Waals surface area contributed by atoms with E-state index in [1.54, 1.807) is 12.5 Å². The minimum Gasteiger partial charge on any atom is -0.354 e. The summed E-state index contributed by atoms with van der Waals surface area (Å²) in [4.78, 5) is 24.8. The zero-order valence-corrected chi connectivity index (χ0v) is 15.0. The third-order valence-electron chi connectivity index (χ3n) is 5.02. The molecule has 0 amide bonds. The van der Waals surface area contributed by atoms with Crippen molar-refractivity contribution in [2.75, 3.05) is 29.9 Å². The Morgan fingerprint density at radius 3 is 3.00 bits per heavy atom. The van der Waals surface area contributed by atoms with Crippen molar-refractivity contribution >= 4 is 34.3 Å². The molecule has 0 saturated carbocycles. The largest absolute Gasteiger partial charge is 0.354 e. The number of piperidine rings is 1. The van der Waals surface area contributed by atoms with Crippen LogP contribution in [0, 0.1) is 5.92 Å². The SMILES string of the molecule is CC1CCN(c2ccnc(Cl)n2)CC1N(C)c1ncnc2[nH]ccc12. The number of H-pyrrole nitrogens is 1. The molecule has 8 heteroatoms. The fraction of sp³-hybridized carbons (Fsp3) is 0.412. The maximum absolute atomic E-state index is 5.96. The highest BCUT2D eigenvalue weighted by Gasteiger charge is 2.31. The van der Waals surface area contributed by atoms with Gasteiger partial charge < -0.3 is 14.8 Å². The Kier molecular flexibility index (Phi) is 4.17. The zero-order chi connectivity index (χ0) is 17.4. The van der Waals surface area contributed by atoms with Crippen LogP contribution in [0.1, 0.15) is 13.3 Å². The fourth-order valence-electron chi connectivity index (χ4n) is 3.56. The molecule has 0 radical (unpaired) electrons. The highest BCUT2D eigenvalue weighted by Crippen LogP contribution is 2.30. The number of rotatable bonds is 3. The van der Waals surface area contributed by atoms with Crippen molar-refractivity contribution in [1.29, 1.82) is 0 Å². The topological polar surface area (TPSA) is 73.8 Å². The first kappa shape index (κ1) is 16.1. The van der Waals surface area contributed by atoms with E-state index < -0.39 is 0 Å². The van der Waals surface area contributed by atoms with Crippen LogP contribution in [-0.2, 0) is 0 Å². The van der Waals surface area contributed by atoms with Gasteiger partial charge >= 0.3 is 0 Å². The van der Waals surface area contributed by atoms with Crippen LogP contribution >= 0.6 is 11.6 Å². The molecule has 2 unspecified atom stereocenters. The maximum atomic E-state index is 5.96. The van der Waals surface area contributed by atoms with Gasteiger partial charge in [-0.1, -0.05) is 6.92 Å². The van der Waals surface area contributed by atoms with E-state index in [9.17, 15) is 0 Å². The first-order chi connectivity index (χ1) is 12.1. The van der Waals surface area contributed by atoms with Gasteiger partial charge in [0.1, 0.15) is 23.6 Å². The number of anilines is 2. The lowest BCUT2D eigenvalue weighted by Crippen LogP contribution is -2.51. The lowest BCUT2D eigenvalue weighted by atomic mass is 9.92. The first-order valence-electron chi connectivity index (χ1n) is 8.38. The first-order valence-corrected chi connectivity index (χ1v) is 8.75. The Balaban J connectivity index is 1.62. The van der Waals surface area contributed by atoms with Crippen LogP contribution in [0.15, 0.2) is 30.9 Å². The highest BCUT2D eigenvalue weighted by molar-refractivity contribution is 6.28. The van der Waals surface area contributed by atoms with Gasteiger partial charge in [0.25, 0.3) is 0 Å². The minimum atomic E-state index is 0.283. The molecule has 0 spiro atoms. The average Bonchev–Trinajstić information content (AvgIpc) is 3.10. The molecule has 3 aromatic heterocycles. The average molecular weight is 358 g/mol. The summed E-state index contributed by atoms with van der Waals surface area (Å²) in [6.07, 6.45) is 6.30. The second-order valence-electron chi connectivity index (χ2n) is 6.51. The number of fused-ring (bicyclic) bond motifs is 1. The molecule has 0 aliphatic carbocycles. The lowest BCUT2D eigenvalue weighted by Gasteiger charge is -2.42. The minimum absolute atomic E-state index is 0.283. The molecular weight excluding hydrogens is 338 g/mol. The molecule has 1 aliphatic heterocycles. The van der Waals surface area contributed by atoms with Crippen molar-refractivity contribution < 1.29 is 0 Å². The van der Waals surface area contributed by atoms with Gasteiger partial charge in [0.2, 0.25) is 5.28 Å². The molecule has 1 saturated heterocycles. The molecule has 1 aliphatic rings. The third-order valence-corrected chi connectivity index (χ3v) is 5.20. The summed E-state index contributed by atoms with van der Waals surface area (Å²) >= 11 is 5.96. The van der Waals surface area contributed by atoms with Crippen LogP contribution < -0.4 is 9.80 Å². The quantitative estimate of drug-likeness (QED) is 0.726. The van der Waals surface area contributed by atoms with Crippen molar-refractivity contribution in [2.45, 2.75) is 19.4 Å². The van der Waals surface area contributed by atoms with E-state index in [1.807, 2.05) is 18.3 Å². The Morgan fingerprint density at radius 1 is 1.28 bits per heavy atom. The van der Waals surface area contributed by atoms with Crippen LogP contribution in [-0.4, -0.2) is 51.1 Å². The number of halogens is 1. The van der Waals surface area contributed by atoms with Crippen molar-refractivity contribution in [2.24, 2.45) is 5.92 Å². The number of aromatic nitrogens is 5. The fourth-order valence-corrected chi connectivity index (χ4v) is 3.70. The number of nitrogens with one attached hydrogen (secondary N) is 1. The van der Waals surface area contributed by atoms with Crippen molar-refractivity contribution in [3.63, 3.8) is 0 Å². The molecule has 4 rings (SSSR count). The van der Waals surface area contributed by atoms with Crippen LogP contribution in [0.25, 0.3) is 11.0 Å². The molecule has 130 valence electrons. The highest BCUT2D eigenvalue weighted by atomic mass is 35.5. The Labute approximate surface area is 151 Å². The summed E-state index contributed by atoms with van der Waals surface area (Å²) in [5.74, 6) is 2.37. The molecule has 0 bridgehead atoms. The van der Waals surface area contributed by atoms with E-state index in [0.29, 0.717) is 12.0 Å². The molecular formula is C17H20ClN7. The molecule has 1 N–H and O–H groups in total. The van der Waals surface area contributed by atoms with Crippen LogP contribution in [0.4, 0.5) is 11.6 Å². The predicted octanol–water partition coefficient (Wildman–Crippen LogP) is 2.75. The van der Waals surface area contributed by atoms with Gasteiger partial charge in [-0.15, -0.1) is 0 Å². The molecule has 25 heavy (non-hydrogen) atoms. The molecule has 0 aromatic carbocycles. The Hall–Kier alpha value is -2.41. The van der Waals surface area contributed by atoms with Gasteiger partial charge in [0.15, 0.2) is 0 Å². The normalized spacial score (nSPS) is 20.8. The predicted molar refractivity (Wildman–Crippen MR) is 99.1 cm³/mol. The van der Waals surface area contributed by atoms with E-state index in [2.05, 4.69) is 48.7 Å². The molecule has 2 atom stereocenters. The Bertz CT molecular complexity index is 880. The van der Waals surface area contributed by atoms with Crippen LogP contribution in [0.5, 0.6) is 0 Å². The second-order valence-corrected chi connectivity index (χ2v) is 6.85. The van der Waals surface area contributed by atoms with E-state index in [0.717, 1.165) is 42.2 Å². The molecule has 7 nitrogen and oxygen atoms in total. The number of hydrogen-bond acceptors (Lipinski definition) is 6. The van der Waals surface area contributed by atoms with Gasteiger partial charge in [0.05, 0.1) is 11.4 Å². The number of likely N-dealkylation sites (N-methyl/N-ethyl adjacent to an activating group) is 1. The number of hydrogen-bond donors (Lipinski definition) is 1. The molecule has 1 fully saturated rings. The van der Waals surface area contributed by atoms with Gasteiger partial charge in [0, 0.05) is 32.5 Å². The zero-order valence-electron chi connectivity index (χ0n) is 14.2. The van der Waals surface area contributed by atoms with Crippen LogP contribution in [0.2, 0.25) is 5.28 Å². The van der Waals surface area contributed by atoms with Gasteiger partial charge in [-0.2, -0.15) is 0 Å². The summed E-state index contributed by atoms with van der Waals surface area (Å²) in [7, 11) is 2.10. The summed E-state index contributed by atoms with van der Waals surface area (Å²) in [6, 6.07) is 4.25. The third kappa shape index (κ3) is 3.00. The lowest BCUT2D eigenvalue weighted by molar-refractivity contribution is 0.366. The summed E-state index contributed by atoms with van der Waals surface area (Å²) in [5.41, 5.74) is 0.861. The van der Waals surface area contributed by atoms with E-state index in [1.165, 1.54) is 0 Å². The molecule has 4 heterocycles. The number of nitrogens with zero attached hydrogens (tertiary/aromatic N) is 6. The van der Waals surface area contributed by atoms with Crippen molar-refractivity contribution in [1.82, 2.24) is 24.9 Å². The standard InChI is InChI=1S/C17H20ClN7/c1-11-5-8-25(14-4-7-20-17(18)23-14)9-13(11)24(2)16-12-3-6-19-15(12)21-10-22-16/h3-4,6-7,10-11,13H,5,8-9H2,1-2H3,(H,19,21,22). The van der Waals surface area contributed by atoms with E-state index in [-0.39, 0.29) is 5.28 Å². The maximum Gasteiger partial charge on any atom is 0.224 e. The van der Waals surface area contributed by atoms with Crippen molar-refractivity contribution in [3.05, 3.63) is 36.1 Å². The number of aromatic amines is 1.